The minimum absolute atomic E-state index is 0.116. The van der Waals surface area contributed by atoms with E-state index < -0.39 is 0 Å². The molecule has 4 rings (SSSR count). The number of hydrogen-bond donors (Lipinski definition) is 1. The van der Waals surface area contributed by atoms with Gasteiger partial charge in [-0.1, -0.05) is 19.9 Å². The molecule has 0 radical (unpaired) electrons. The number of anilines is 1. The Morgan fingerprint density at radius 2 is 1.75 bits per heavy atom. The van der Waals surface area contributed by atoms with Crippen molar-refractivity contribution in [2.24, 2.45) is 5.92 Å². The van der Waals surface area contributed by atoms with Gasteiger partial charge in [-0.15, -0.1) is 11.3 Å². The van der Waals surface area contributed by atoms with Gasteiger partial charge < -0.3 is 14.7 Å². The smallest absolute Gasteiger partial charge is 0.282 e. The van der Waals surface area contributed by atoms with Crippen molar-refractivity contribution in [2.45, 2.75) is 13.8 Å². The number of β-amino-alcohol motifs (C(OH)–C–C–N with tert-alkyl or cyclic N) is 1. The van der Waals surface area contributed by atoms with Gasteiger partial charge in [0.25, 0.3) is 11.8 Å². The number of nitrogens with zero attached hydrogens (tertiary/aromatic N) is 3. The predicted octanol–water partition coefficient (Wildman–Crippen LogP) is 2.68. The number of thiophene rings is 1. The van der Waals surface area contributed by atoms with Crippen LogP contribution in [0.25, 0.3) is 5.57 Å². The Hall–Kier alpha value is -2.68. The monoisotopic (exact) mass is 455 g/mol. The molecule has 8 heteroatoms. The molecule has 0 spiro atoms. The molecule has 0 bridgehead atoms. The summed E-state index contributed by atoms with van der Waals surface area (Å²) in [5.41, 5.74) is 1.49. The van der Waals surface area contributed by atoms with E-state index in [-0.39, 0.29) is 18.4 Å². The number of imide groups is 1. The number of hydrogen-bond acceptors (Lipinski definition) is 7. The molecule has 1 saturated heterocycles. The van der Waals surface area contributed by atoms with Crippen LogP contribution in [0, 0.1) is 5.92 Å². The Morgan fingerprint density at radius 3 is 2.34 bits per heavy atom. The molecule has 2 aliphatic heterocycles. The van der Waals surface area contributed by atoms with Crippen molar-refractivity contribution in [3.63, 3.8) is 0 Å². The summed E-state index contributed by atoms with van der Waals surface area (Å²) in [6.45, 7) is 8.27. The van der Waals surface area contributed by atoms with E-state index in [9.17, 15) is 14.7 Å². The summed E-state index contributed by atoms with van der Waals surface area (Å²) in [5, 5.41) is 11.1. The first-order valence-corrected chi connectivity index (χ1v) is 11.9. The van der Waals surface area contributed by atoms with E-state index in [2.05, 4.69) is 18.7 Å². The van der Waals surface area contributed by atoms with E-state index >= 15 is 0 Å². The summed E-state index contributed by atoms with van der Waals surface area (Å²) in [6, 6.07) is 10.9. The molecule has 1 N–H and O–H groups in total. The molecule has 0 atom stereocenters. The zero-order valence-corrected chi connectivity index (χ0v) is 19.3. The Labute approximate surface area is 192 Å². The Morgan fingerprint density at radius 1 is 1.03 bits per heavy atom. The molecule has 2 aliphatic rings. The first-order chi connectivity index (χ1) is 15.5. The lowest BCUT2D eigenvalue weighted by Crippen LogP contribution is -2.48. The van der Waals surface area contributed by atoms with Gasteiger partial charge in [0, 0.05) is 37.6 Å². The first-order valence-electron chi connectivity index (χ1n) is 11.0. The van der Waals surface area contributed by atoms with Gasteiger partial charge in [0.15, 0.2) is 0 Å². The van der Waals surface area contributed by atoms with Gasteiger partial charge in [0.05, 0.1) is 24.5 Å². The molecule has 2 aromatic rings. The second-order valence-electron chi connectivity index (χ2n) is 8.40. The fourth-order valence-electron chi connectivity index (χ4n) is 3.98. The number of amides is 2. The summed E-state index contributed by atoms with van der Waals surface area (Å²) >= 11 is 1.46. The van der Waals surface area contributed by atoms with Crippen LogP contribution in [0.15, 0.2) is 47.5 Å². The van der Waals surface area contributed by atoms with Gasteiger partial charge in [-0.2, -0.15) is 0 Å². The fraction of sp³-hybridized carbons (Fsp3) is 0.417. The quantitative estimate of drug-likeness (QED) is 0.617. The maximum atomic E-state index is 13.6. The van der Waals surface area contributed by atoms with Crippen LogP contribution in [0.2, 0.25) is 0 Å². The number of aliphatic hydroxyl groups is 1. The number of ether oxygens (including phenoxy) is 1. The Kier molecular flexibility index (Phi) is 6.93. The highest BCUT2D eigenvalue weighted by molar-refractivity contribution is 7.11. The normalized spacial score (nSPS) is 17.8. The molecule has 0 unspecified atom stereocenters. The highest BCUT2D eigenvalue weighted by atomic mass is 32.1. The Bertz CT molecular complexity index is 977. The lowest BCUT2D eigenvalue weighted by molar-refractivity contribution is -0.120. The van der Waals surface area contributed by atoms with Crippen molar-refractivity contribution < 1.29 is 19.4 Å². The average Bonchev–Trinajstić information content (AvgIpc) is 3.40. The van der Waals surface area contributed by atoms with E-state index in [0.29, 0.717) is 54.9 Å². The average molecular weight is 456 g/mol. The van der Waals surface area contributed by atoms with Crippen LogP contribution in [0.4, 0.5) is 5.69 Å². The highest BCUT2D eigenvalue weighted by Gasteiger charge is 2.43. The third kappa shape index (κ3) is 4.57. The van der Waals surface area contributed by atoms with Gasteiger partial charge in [-0.25, -0.2) is 4.90 Å². The zero-order valence-electron chi connectivity index (χ0n) is 18.5. The maximum absolute atomic E-state index is 13.6. The van der Waals surface area contributed by atoms with E-state index in [1.807, 2.05) is 22.4 Å². The van der Waals surface area contributed by atoms with Gasteiger partial charge in [-0.3, -0.25) is 14.5 Å². The predicted molar refractivity (Wildman–Crippen MR) is 126 cm³/mol. The second-order valence-corrected chi connectivity index (χ2v) is 9.35. The minimum atomic E-state index is -0.291. The number of piperazine rings is 1. The van der Waals surface area contributed by atoms with Crippen LogP contribution < -0.4 is 9.64 Å². The molecular weight excluding hydrogens is 426 g/mol. The third-order valence-electron chi connectivity index (χ3n) is 5.61. The molecule has 2 amide bonds. The van der Waals surface area contributed by atoms with Crippen LogP contribution in [0.5, 0.6) is 5.75 Å². The van der Waals surface area contributed by atoms with Crippen LogP contribution in [0.3, 0.4) is 0 Å². The van der Waals surface area contributed by atoms with Gasteiger partial charge in [-0.05, 0) is 41.6 Å². The van der Waals surface area contributed by atoms with Crippen LogP contribution in [0.1, 0.15) is 18.7 Å². The van der Waals surface area contributed by atoms with Crippen LogP contribution >= 0.6 is 11.3 Å². The van der Waals surface area contributed by atoms with Crippen molar-refractivity contribution >= 4 is 34.4 Å². The topological polar surface area (TPSA) is 73.3 Å². The zero-order chi connectivity index (χ0) is 22.7. The maximum Gasteiger partial charge on any atom is 0.282 e. The molecule has 32 heavy (non-hydrogen) atoms. The highest BCUT2D eigenvalue weighted by Crippen LogP contribution is 2.37. The largest absolute Gasteiger partial charge is 0.493 e. The summed E-state index contributed by atoms with van der Waals surface area (Å²) in [5.74, 6) is 0.550. The molecule has 1 aromatic heterocycles. The van der Waals surface area contributed by atoms with Crippen molar-refractivity contribution in [2.75, 3.05) is 50.8 Å². The molecule has 0 saturated carbocycles. The molecule has 7 nitrogen and oxygen atoms in total. The summed E-state index contributed by atoms with van der Waals surface area (Å²) in [6.07, 6.45) is 0. The van der Waals surface area contributed by atoms with E-state index in [0.717, 1.165) is 18.0 Å². The summed E-state index contributed by atoms with van der Waals surface area (Å²) in [4.78, 5) is 33.3. The number of carbonyl (C=O) groups is 2. The second kappa shape index (κ2) is 9.85. The number of benzene rings is 1. The summed E-state index contributed by atoms with van der Waals surface area (Å²) < 4.78 is 5.74. The molecular formula is C24H29N3O4S. The number of rotatable bonds is 8. The number of carbonyl (C=O) groups excluding carboxylic acids is 2. The van der Waals surface area contributed by atoms with Crippen molar-refractivity contribution in [3.05, 3.63) is 52.4 Å². The van der Waals surface area contributed by atoms with E-state index in [1.54, 1.807) is 24.3 Å². The van der Waals surface area contributed by atoms with Gasteiger partial charge >= 0.3 is 0 Å². The fourth-order valence-corrected chi connectivity index (χ4v) is 4.74. The van der Waals surface area contributed by atoms with Gasteiger partial charge in [0.2, 0.25) is 0 Å². The van der Waals surface area contributed by atoms with Crippen LogP contribution in [-0.2, 0) is 9.59 Å². The standard InChI is InChI=1S/C24H29N3O4S/c1-17(2)16-31-19-7-5-18(6-8-19)27-23(29)21(20-4-3-15-32-20)22(24(27)30)26-11-9-25(10-12-26)13-14-28/h3-8,15,17,28H,9-14,16H2,1-2H3. The van der Waals surface area contributed by atoms with Crippen molar-refractivity contribution in [3.8, 4) is 5.75 Å². The molecule has 0 aliphatic carbocycles. The summed E-state index contributed by atoms with van der Waals surface area (Å²) in [7, 11) is 0. The first kappa shape index (κ1) is 22.5. The number of aliphatic hydroxyl groups excluding tert-OH is 1. The van der Waals surface area contributed by atoms with Crippen molar-refractivity contribution in [1.29, 1.82) is 0 Å². The lowest BCUT2D eigenvalue weighted by atomic mass is 10.1. The third-order valence-corrected chi connectivity index (χ3v) is 6.50. The molecule has 170 valence electrons. The molecule has 1 aromatic carbocycles. The molecule has 3 heterocycles. The van der Waals surface area contributed by atoms with Crippen molar-refractivity contribution in [1.82, 2.24) is 9.80 Å². The SMILES string of the molecule is CC(C)COc1ccc(N2C(=O)C(c3cccs3)=C(N3CCN(CCO)CC3)C2=O)cc1. The Balaban J connectivity index is 1.60. The van der Waals surface area contributed by atoms with E-state index in [4.69, 9.17) is 4.74 Å². The molecule has 1 fully saturated rings. The van der Waals surface area contributed by atoms with E-state index in [1.165, 1.54) is 16.2 Å². The lowest BCUT2D eigenvalue weighted by Gasteiger charge is -2.36. The van der Waals surface area contributed by atoms with Gasteiger partial charge in [0.1, 0.15) is 11.4 Å². The minimum Gasteiger partial charge on any atom is -0.493 e. The van der Waals surface area contributed by atoms with Crippen LogP contribution in [-0.4, -0.2) is 72.7 Å².